The molecule has 4 aromatic carbocycles. The summed E-state index contributed by atoms with van der Waals surface area (Å²) in [5.74, 6) is -5.21. The Kier molecular flexibility index (Phi) is 27.7. The zero-order valence-electron chi connectivity index (χ0n) is 66.5. The van der Waals surface area contributed by atoms with Crippen LogP contribution in [-0.4, -0.2) is 201 Å². The van der Waals surface area contributed by atoms with Gasteiger partial charge >= 0.3 is 66.7 Å². The largest absolute Gasteiger partial charge is 0.756 e. The van der Waals surface area contributed by atoms with Gasteiger partial charge < -0.3 is 130 Å². The van der Waals surface area contributed by atoms with Crippen LogP contribution in [0.25, 0.3) is 89.2 Å². The van der Waals surface area contributed by atoms with Crippen LogP contribution in [0.5, 0.6) is 11.5 Å². The highest BCUT2D eigenvalue weighted by Gasteiger charge is 2.54. The van der Waals surface area contributed by atoms with Crippen molar-refractivity contribution < 1.29 is 189 Å². The number of imidazole rings is 2. The number of phosphoric acid groups is 6. The maximum atomic E-state index is 13.2. The summed E-state index contributed by atoms with van der Waals surface area (Å²) in [7, 11) is -32.7. The first-order chi connectivity index (χ1) is 61.8. The second-order valence-corrected chi connectivity index (χ2v) is 37.0. The van der Waals surface area contributed by atoms with Crippen LogP contribution in [0.2, 0.25) is 0 Å². The molecule has 4 aliphatic heterocycles. The van der Waals surface area contributed by atoms with Gasteiger partial charge in [-0.1, -0.05) is 22.1 Å². The van der Waals surface area contributed by atoms with Gasteiger partial charge in [0.1, 0.15) is 52.5 Å². The number of carboxylic acid groups (broad SMARTS) is 2. The van der Waals surface area contributed by atoms with Crippen molar-refractivity contribution in [2.45, 2.75) is 49.1 Å². The summed E-state index contributed by atoms with van der Waals surface area (Å²) in [6.07, 6.45) is -14.4. The highest BCUT2D eigenvalue weighted by molar-refractivity contribution is 7.67. The lowest BCUT2D eigenvalue weighted by Gasteiger charge is -2.23. The summed E-state index contributed by atoms with van der Waals surface area (Å²) in [6, 6.07) is 23.8. The van der Waals surface area contributed by atoms with Gasteiger partial charge in [0, 0.05) is 94.6 Å². The molecule has 132 heavy (non-hydrogen) atoms. The van der Waals surface area contributed by atoms with Gasteiger partial charge in [0.2, 0.25) is 23.5 Å². The first-order valence-corrected chi connectivity index (χ1v) is 46.1. The number of fused-ring (bicyclic) bond motifs is 6. The number of carbonyl (C=O) groups is 6. The van der Waals surface area contributed by atoms with Crippen molar-refractivity contribution in [3.63, 3.8) is 0 Å². The van der Waals surface area contributed by atoms with Gasteiger partial charge in [0.05, 0.1) is 38.4 Å². The molecule has 2 aliphatic carbocycles. The minimum absolute atomic E-state index is 0.0740. The zero-order valence-corrected chi connectivity index (χ0v) is 71.9. The number of nitrogens with zero attached hydrogens (tertiary/aromatic N) is 6. The molecule has 4 aromatic heterocycles. The van der Waals surface area contributed by atoms with E-state index in [1.807, 2.05) is 0 Å². The number of aromatic hydroxyl groups is 2. The summed E-state index contributed by atoms with van der Waals surface area (Å²) in [6.45, 7) is -3.71. The molecule has 4 amide bonds. The van der Waals surface area contributed by atoms with E-state index in [0.717, 1.165) is 21.3 Å². The van der Waals surface area contributed by atoms with E-state index in [4.69, 9.17) is 49.0 Å². The van der Waals surface area contributed by atoms with Gasteiger partial charge in [0.15, 0.2) is 41.8 Å². The van der Waals surface area contributed by atoms with E-state index in [-0.39, 0.29) is 133 Å². The minimum atomic E-state index is -6.01. The van der Waals surface area contributed by atoms with Crippen LogP contribution in [-0.2, 0) is 86.7 Å². The molecular weight excluding hydrogens is 1890 g/mol. The van der Waals surface area contributed by atoms with Crippen molar-refractivity contribution in [2.24, 2.45) is 14.1 Å². The summed E-state index contributed by atoms with van der Waals surface area (Å²) >= 11 is 0. The molecule has 0 radical (unpaired) electrons. The Balaban J connectivity index is 0.000000224. The number of aryl methyl sites for hydroxylation is 2. The summed E-state index contributed by atoms with van der Waals surface area (Å²) in [5.41, 5.74) is 9.87. The number of amides is 4. The number of nitrogens with one attached hydrogen (secondary N) is 6. The number of nitrogen functional groups attached to an aromatic ring is 2. The quantitative estimate of drug-likeness (QED) is 0.0120. The van der Waals surface area contributed by atoms with Gasteiger partial charge in [-0.05, 0) is 83.9 Å². The lowest BCUT2D eigenvalue weighted by molar-refractivity contribution is -0.746. The lowest BCUT2D eigenvalue weighted by atomic mass is 9.90. The topological polar surface area (TPSA) is 856 Å². The molecule has 0 saturated carbocycles. The number of H-pyrrole nitrogens is 2. The third-order valence-electron chi connectivity index (χ3n) is 19.1. The fourth-order valence-corrected chi connectivity index (χ4v) is 20.0. The molecule has 14 rings (SSSR count). The van der Waals surface area contributed by atoms with Crippen molar-refractivity contribution in [3.05, 3.63) is 185 Å². The maximum absolute atomic E-state index is 13.2. The van der Waals surface area contributed by atoms with E-state index in [1.165, 1.54) is 133 Å². The van der Waals surface area contributed by atoms with Gasteiger partial charge in [-0.25, -0.2) is 55.2 Å². The number of hydrogen-bond acceptors (Lipinski definition) is 38. The van der Waals surface area contributed by atoms with E-state index in [9.17, 15) is 135 Å². The monoisotopic (exact) mass is 1960 g/mol. The Morgan fingerprint density at radius 2 is 0.879 bits per heavy atom. The predicted octanol–water partition coefficient (Wildman–Crippen LogP) is -0.185. The number of aliphatic hydroxyl groups excluding tert-OH is 2. The minimum Gasteiger partial charge on any atom is -0.756 e. The van der Waals surface area contributed by atoms with Gasteiger partial charge in [-0.15, -0.1) is 0 Å². The van der Waals surface area contributed by atoms with Crippen LogP contribution in [0.4, 0.5) is 21.5 Å². The van der Waals surface area contributed by atoms with Crippen molar-refractivity contribution in [2.75, 3.05) is 50.9 Å². The number of nitrogens with two attached hydrogens (primary N) is 2. The second-order valence-electron chi connectivity index (χ2n) is 28.2. The number of benzene rings is 6. The Labute approximate surface area is 731 Å². The van der Waals surface area contributed by atoms with Gasteiger partial charge in [-0.2, -0.15) is 8.62 Å². The normalized spacial score (nSPS) is 20.1. The molecule has 8 heterocycles. The number of ether oxygens (including phenoxy) is 4. The van der Waals surface area contributed by atoms with Crippen LogP contribution >= 0.6 is 46.9 Å². The van der Waals surface area contributed by atoms with Gasteiger partial charge in [0.25, 0.3) is 50.5 Å². The van der Waals surface area contributed by atoms with Crippen LogP contribution in [0.3, 0.4) is 0 Å². The van der Waals surface area contributed by atoms with Crippen LogP contribution in [0.15, 0.2) is 150 Å². The Bertz CT molecular complexity index is 7170. The number of anilines is 2. The number of carbonyl (C=O) groups excluding carboxylic acids is 4. The van der Waals surface area contributed by atoms with Gasteiger partial charge in [-0.3, -0.25) is 66.0 Å². The van der Waals surface area contributed by atoms with Crippen molar-refractivity contribution in [1.29, 1.82) is 0 Å². The van der Waals surface area contributed by atoms with Crippen LogP contribution in [0, 0.1) is 0 Å². The number of phenolic OH excluding ortho intramolecular Hbond substituents is 2. The van der Waals surface area contributed by atoms with Crippen molar-refractivity contribution >= 4 is 139 Å². The van der Waals surface area contributed by atoms with E-state index in [1.54, 1.807) is 0 Å². The Morgan fingerprint density at radius 3 is 1.30 bits per heavy atom. The fraction of sp³-hybridized carbons (Fsp3) is 0.229. The number of aromatic carboxylic acids is 2. The number of aromatic amines is 2. The van der Waals surface area contributed by atoms with Crippen LogP contribution in [0.1, 0.15) is 53.9 Å². The van der Waals surface area contributed by atoms with E-state index in [0.29, 0.717) is 33.0 Å². The van der Waals surface area contributed by atoms with Crippen LogP contribution < -0.4 is 73.6 Å². The maximum Gasteiger partial charge on any atom is 0.487 e. The molecule has 56 nitrogen and oxygen atoms in total. The highest BCUT2D eigenvalue weighted by atomic mass is 31.3. The second kappa shape index (κ2) is 37.8. The SMILES string of the molecule is Cn1c[n+]([C@@H]2O[C@H](COP(=O)(O)OP(=O)(O)OP(=O)([O-])O)[C@@H](O)[C@H]2OC(=O)NCCNC(=O)c2ccc(-c3c4ccc(=O)cc-4oc4cc(O)ccc34)c(C(=O)O)c2)c2nc(N)[nH]c(=O)c21.Cn1c[n+]([C@@H]2O[C@H](COP(=O)(O)OP(=O)(O)OP(=O)([O-])O)[C@@H](OC(=O)NCCNC(=O)c3ccc(-c4c5ccc(=O)cc-5oc5cc(O)ccc45)c(C(=O)O)c3)[C@H]2O)c2nc(N)[nH]c(=O)c21. The number of hydrogen-bond donors (Lipinski definition) is 20. The summed E-state index contributed by atoms with van der Waals surface area (Å²) in [5, 5.41) is 73.6. The molecule has 6 aliphatic rings. The molecule has 700 valence electrons. The van der Waals surface area contributed by atoms with Crippen molar-refractivity contribution in [3.8, 4) is 56.4 Å². The number of rotatable bonds is 30. The number of aliphatic hydroxyl groups is 2. The summed E-state index contributed by atoms with van der Waals surface area (Å²) in [4.78, 5) is 218. The Morgan fingerprint density at radius 1 is 0.492 bits per heavy atom. The van der Waals surface area contributed by atoms with E-state index in [2.05, 4.69) is 67.5 Å². The molecule has 0 bridgehead atoms. The number of phosphoric ester groups is 2. The molecule has 62 heteroatoms. The number of carboxylic acids is 2. The molecule has 8 aromatic rings. The molecule has 0 spiro atoms. The molecule has 2 saturated heterocycles. The molecule has 2 fully saturated rings. The third kappa shape index (κ3) is 22.2. The molecular formula is C70H68N14O42P6. The first-order valence-electron chi connectivity index (χ1n) is 37.1. The molecule has 22 N–H and O–H groups in total. The fourth-order valence-electron chi connectivity index (χ4n) is 14.0. The molecule has 6 unspecified atom stereocenters. The number of aromatic nitrogens is 8. The predicted molar refractivity (Wildman–Crippen MR) is 434 cm³/mol. The molecule has 14 atom stereocenters. The smallest absolute Gasteiger partial charge is 0.487 e. The number of phenols is 2. The number of alkyl carbamates (subject to hydrolysis) is 2. The van der Waals surface area contributed by atoms with E-state index >= 15 is 0 Å². The lowest BCUT2D eigenvalue weighted by Crippen LogP contribution is -2.49. The Hall–Kier alpha value is -12.8. The first kappa shape index (κ1) is 96.8. The average Bonchev–Trinajstić information content (AvgIpc) is 1.11. The van der Waals surface area contributed by atoms with Crippen molar-refractivity contribution in [1.82, 2.24) is 50.3 Å². The third-order valence-corrected chi connectivity index (χ3v) is 26.7. The summed E-state index contributed by atoms with van der Waals surface area (Å²) < 4.78 is 133. The van der Waals surface area contributed by atoms with E-state index < -0.39 is 162 Å². The highest BCUT2D eigenvalue weighted by Crippen LogP contribution is 2.67. The average molecular weight is 1960 g/mol. The standard InChI is InChI=1S/2C35H34N7O21P3/c1-41-14-42(29-26(41)31(47)40-34(36)39-29)32-27(45)28(24(60-32)13-58-65(54,55)63-66(56,57)62-64(51,52)53)61-35(50)38-9-8-37-30(46)15-2-5-18(21(10-15)33(48)49)25-19-6-3-16(43)11-22(19)59-23-12-17(44)4-7-20(23)25;1-41-14-42(29-26(41)31(47)40-34(36)39-29)32-28(27(45)24(60-32)13-58-65(54,55)63-66(56,57)62-64(51,52)53)61-35(50)38-9-8-37-30(46)15-2-5-18(21(10-15)33(48)49)25-19-6-3-16(43)11-22(19)59-23-12-17(44)4-7-20(23)25/h2*2-7,10-12,14,24,27-28,32,45H,8-9,13H2,1H3,(H10-,36,37,38,39,40,43,44,46,47,48,49,50,51,52,53,54,55,56,57)/t2*24-,27-,28-,32-/m11/s1. The zero-order chi connectivity index (χ0) is 96.1.